The molecule has 2 aromatic heterocycles. The van der Waals surface area contributed by atoms with E-state index in [4.69, 9.17) is 23.5 Å². The van der Waals surface area contributed by atoms with Crippen LogP contribution in [0.15, 0.2) is 96.5 Å². The SMILES string of the molecule is COc1ccc(C(OC[C@H]2O[C@@H](n3cnc4c(N=CN(C)C)ncnc43)C[C@H]2O[P+](=O)[O-])(c2ccccc2)c2ccc(OC)cc2)cc1. The van der Waals surface area contributed by atoms with Gasteiger partial charge in [0.2, 0.25) is 0 Å². The third kappa shape index (κ3) is 6.77. The molecule has 4 atom stereocenters. The standard InChI is InChI=1S/C34H35N6O7P/c1-39(2)21-38-32-31-33(36-20-35-32)40(22-37-31)30-18-28(47-48(41)42)29(46-30)19-45-34(23-8-6-5-7-9-23,24-10-14-26(43-3)15-11-24)25-12-16-27(44-4)17-13-25/h5-17,20-22,28-30H,18-19H2,1-4H3/t28-,29-,30-/m1/s1. The molecule has 3 aromatic carbocycles. The Bertz CT molecular complexity index is 1820. The van der Waals surface area contributed by atoms with E-state index < -0.39 is 32.3 Å². The van der Waals surface area contributed by atoms with Crippen molar-refractivity contribution >= 4 is 31.6 Å². The number of rotatable bonds is 13. The molecule has 3 heterocycles. The molecular formula is C34H35N6O7P. The van der Waals surface area contributed by atoms with Gasteiger partial charge in [-0.15, -0.1) is 4.52 Å². The zero-order valence-corrected chi connectivity index (χ0v) is 27.8. The largest absolute Gasteiger partial charge is 0.566 e. The van der Waals surface area contributed by atoms with Crippen LogP contribution >= 0.6 is 8.25 Å². The predicted molar refractivity (Wildman–Crippen MR) is 176 cm³/mol. The normalized spacial score (nSPS) is 18.4. The number of methoxy groups -OCH3 is 2. The molecule has 1 unspecified atom stereocenters. The predicted octanol–water partition coefficient (Wildman–Crippen LogP) is 4.76. The first-order valence-electron chi connectivity index (χ1n) is 15.2. The quantitative estimate of drug-likeness (QED) is 0.0740. The number of aliphatic imine (C=N–C) groups is 1. The van der Waals surface area contributed by atoms with E-state index in [1.54, 1.807) is 36.4 Å². The Morgan fingerprint density at radius 1 is 0.958 bits per heavy atom. The summed E-state index contributed by atoms with van der Waals surface area (Å²) >= 11 is 0. The lowest BCUT2D eigenvalue weighted by Gasteiger charge is -2.37. The highest BCUT2D eigenvalue weighted by molar-refractivity contribution is 7.30. The lowest BCUT2D eigenvalue weighted by Crippen LogP contribution is -2.38. The molecule has 0 bridgehead atoms. The fourth-order valence-corrected chi connectivity index (χ4v) is 6.28. The molecule has 0 aliphatic carbocycles. The van der Waals surface area contributed by atoms with Gasteiger partial charge in [0.25, 0.3) is 0 Å². The number of benzene rings is 3. The van der Waals surface area contributed by atoms with Gasteiger partial charge in [0.05, 0.1) is 33.5 Å². The highest BCUT2D eigenvalue weighted by atomic mass is 31.1. The third-order valence-corrected chi connectivity index (χ3v) is 8.54. The van der Waals surface area contributed by atoms with Crippen LogP contribution in [0.3, 0.4) is 0 Å². The van der Waals surface area contributed by atoms with Crippen molar-refractivity contribution in [1.29, 1.82) is 0 Å². The summed E-state index contributed by atoms with van der Waals surface area (Å²) in [5.74, 6) is 1.78. The smallest absolute Gasteiger partial charge is 0.488 e. The minimum Gasteiger partial charge on any atom is -0.566 e. The molecule has 14 heteroatoms. The maximum atomic E-state index is 11.9. The lowest BCUT2D eigenvalue weighted by atomic mass is 9.80. The van der Waals surface area contributed by atoms with Crippen LogP contribution in [0.4, 0.5) is 5.82 Å². The molecule has 0 radical (unpaired) electrons. The average molecular weight is 671 g/mol. The van der Waals surface area contributed by atoms with Crippen molar-refractivity contribution in [3.63, 3.8) is 0 Å². The van der Waals surface area contributed by atoms with Gasteiger partial charge in [0.15, 0.2) is 17.0 Å². The molecule has 0 N–H and O–H groups in total. The highest BCUT2D eigenvalue weighted by Gasteiger charge is 2.45. The summed E-state index contributed by atoms with van der Waals surface area (Å²) in [6, 6.07) is 25.1. The molecule has 248 valence electrons. The summed E-state index contributed by atoms with van der Waals surface area (Å²) in [6.45, 7) is -0.0305. The van der Waals surface area contributed by atoms with Crippen LogP contribution in [-0.4, -0.2) is 77.9 Å². The Labute approximate surface area is 278 Å². The fourth-order valence-electron chi connectivity index (χ4n) is 5.84. The Morgan fingerprint density at radius 2 is 1.58 bits per heavy atom. The first-order valence-corrected chi connectivity index (χ1v) is 16.2. The maximum Gasteiger partial charge on any atom is 0.488 e. The first-order chi connectivity index (χ1) is 23.3. The number of imidazole rings is 1. The van der Waals surface area contributed by atoms with Crippen molar-refractivity contribution < 1.29 is 32.9 Å². The summed E-state index contributed by atoms with van der Waals surface area (Å²) in [4.78, 5) is 31.3. The van der Waals surface area contributed by atoms with Gasteiger partial charge in [-0.25, -0.2) is 19.9 Å². The molecule has 0 saturated carbocycles. The van der Waals surface area contributed by atoms with Crippen molar-refractivity contribution in [3.05, 3.63) is 108 Å². The summed E-state index contributed by atoms with van der Waals surface area (Å²) in [5, 5.41) is 0. The molecule has 1 aliphatic heterocycles. The Balaban J connectivity index is 1.38. The molecular weight excluding hydrogens is 635 g/mol. The Morgan fingerprint density at radius 3 is 2.17 bits per heavy atom. The van der Waals surface area contributed by atoms with E-state index in [0.717, 1.165) is 16.7 Å². The van der Waals surface area contributed by atoms with Crippen molar-refractivity contribution in [3.8, 4) is 11.5 Å². The van der Waals surface area contributed by atoms with Crippen LogP contribution < -0.4 is 14.4 Å². The van der Waals surface area contributed by atoms with E-state index in [-0.39, 0.29) is 13.0 Å². The summed E-state index contributed by atoms with van der Waals surface area (Å²) in [7, 11) is 3.75. The van der Waals surface area contributed by atoms with Crippen LogP contribution in [0.2, 0.25) is 0 Å². The molecule has 0 amide bonds. The molecule has 13 nitrogen and oxygen atoms in total. The number of nitrogens with zero attached hydrogens (tertiary/aromatic N) is 6. The average Bonchev–Trinajstić information content (AvgIpc) is 3.72. The molecule has 1 fully saturated rings. The van der Waals surface area contributed by atoms with Gasteiger partial charge in [0.1, 0.15) is 41.9 Å². The summed E-state index contributed by atoms with van der Waals surface area (Å²) in [6.07, 6.45) is 2.52. The fraction of sp³-hybridized carbons (Fsp3) is 0.294. The van der Waals surface area contributed by atoms with Gasteiger partial charge in [-0.2, -0.15) is 0 Å². The minimum atomic E-state index is -3.18. The summed E-state index contributed by atoms with van der Waals surface area (Å²) < 4.78 is 43.4. The van der Waals surface area contributed by atoms with Gasteiger partial charge >= 0.3 is 8.25 Å². The van der Waals surface area contributed by atoms with Crippen molar-refractivity contribution in [2.24, 2.45) is 4.99 Å². The first kappa shape index (κ1) is 33.1. The van der Waals surface area contributed by atoms with E-state index in [9.17, 15) is 9.46 Å². The van der Waals surface area contributed by atoms with Gasteiger partial charge in [0, 0.05) is 20.5 Å². The molecule has 48 heavy (non-hydrogen) atoms. The van der Waals surface area contributed by atoms with Crippen molar-refractivity contribution in [2.75, 3.05) is 34.9 Å². The van der Waals surface area contributed by atoms with Crippen LogP contribution in [-0.2, 0) is 24.2 Å². The number of hydrogen-bond acceptors (Lipinski definition) is 11. The molecule has 1 aliphatic rings. The van der Waals surface area contributed by atoms with E-state index in [0.29, 0.717) is 28.5 Å². The van der Waals surface area contributed by atoms with Gasteiger partial charge in [-0.05, 0) is 45.5 Å². The molecule has 1 saturated heterocycles. The second-order valence-corrected chi connectivity index (χ2v) is 11.9. The maximum absolute atomic E-state index is 11.9. The molecule has 5 aromatic rings. The number of aromatic nitrogens is 4. The Hall–Kier alpha value is -4.78. The molecule has 0 spiro atoms. The number of fused-ring (bicyclic) bond motifs is 1. The van der Waals surface area contributed by atoms with Gasteiger partial charge < -0.3 is 28.7 Å². The van der Waals surface area contributed by atoms with E-state index in [1.807, 2.05) is 93.0 Å². The summed E-state index contributed by atoms with van der Waals surface area (Å²) in [5.41, 5.74) is 2.33. The minimum absolute atomic E-state index is 0.0305. The van der Waals surface area contributed by atoms with Crippen LogP contribution in [0.25, 0.3) is 11.2 Å². The van der Waals surface area contributed by atoms with Crippen molar-refractivity contribution in [1.82, 2.24) is 24.4 Å². The zero-order chi connectivity index (χ0) is 33.7. The van der Waals surface area contributed by atoms with E-state index in [1.165, 1.54) is 6.33 Å². The highest BCUT2D eigenvalue weighted by Crippen LogP contribution is 2.44. The van der Waals surface area contributed by atoms with Crippen LogP contribution in [0.5, 0.6) is 11.5 Å². The molecule has 6 rings (SSSR count). The van der Waals surface area contributed by atoms with E-state index >= 15 is 0 Å². The lowest BCUT2D eigenvalue weighted by molar-refractivity contribution is -0.192. The van der Waals surface area contributed by atoms with E-state index in [2.05, 4.69) is 19.9 Å². The zero-order valence-electron chi connectivity index (χ0n) is 26.9. The second kappa shape index (κ2) is 14.5. The van der Waals surface area contributed by atoms with Crippen LogP contribution in [0, 0.1) is 0 Å². The number of ether oxygens (including phenoxy) is 4. The second-order valence-electron chi connectivity index (χ2n) is 11.3. The van der Waals surface area contributed by atoms with Crippen molar-refractivity contribution in [2.45, 2.75) is 30.5 Å². The third-order valence-electron chi connectivity index (χ3n) is 8.10. The Kier molecular flexibility index (Phi) is 10.0. The van der Waals surface area contributed by atoms with Gasteiger partial charge in [-0.3, -0.25) is 4.57 Å². The van der Waals surface area contributed by atoms with Gasteiger partial charge in [-0.1, -0.05) is 54.6 Å². The van der Waals surface area contributed by atoms with Crippen LogP contribution in [0.1, 0.15) is 29.3 Å². The number of hydrogen-bond donors (Lipinski definition) is 0. The topological polar surface area (TPSA) is 145 Å². The monoisotopic (exact) mass is 670 g/mol.